The number of hydrogen-bond donors (Lipinski definition) is 0. The van der Waals surface area contributed by atoms with Crippen LogP contribution in [-0.4, -0.2) is 38.2 Å². The summed E-state index contributed by atoms with van der Waals surface area (Å²) in [4.78, 5) is 5.01. The highest BCUT2D eigenvalue weighted by Gasteiger charge is 2.18. The van der Waals surface area contributed by atoms with Gasteiger partial charge in [0.1, 0.15) is 5.75 Å². The van der Waals surface area contributed by atoms with Crippen LogP contribution in [0.25, 0.3) is 0 Å². The Morgan fingerprint density at radius 2 is 1.73 bits per heavy atom. The van der Waals surface area contributed by atoms with Crippen LogP contribution in [0.1, 0.15) is 11.1 Å². The van der Waals surface area contributed by atoms with Crippen LogP contribution in [0.15, 0.2) is 48.5 Å². The van der Waals surface area contributed by atoms with E-state index in [-0.39, 0.29) is 0 Å². The van der Waals surface area contributed by atoms with E-state index < -0.39 is 0 Å². The summed E-state index contributed by atoms with van der Waals surface area (Å²) >= 11 is 0. The van der Waals surface area contributed by atoms with Gasteiger partial charge < -0.3 is 9.64 Å². The molecule has 0 aliphatic carbocycles. The zero-order chi connectivity index (χ0) is 15.4. The maximum absolute atomic E-state index is 5.31. The second-order valence-corrected chi connectivity index (χ2v) is 5.90. The van der Waals surface area contributed by atoms with Crippen molar-refractivity contribution in [2.45, 2.75) is 13.5 Å². The monoisotopic (exact) mass is 296 g/mol. The van der Waals surface area contributed by atoms with Gasteiger partial charge in [-0.25, -0.2) is 0 Å². The molecule has 3 nitrogen and oxygen atoms in total. The minimum Gasteiger partial charge on any atom is -0.497 e. The first-order valence-corrected chi connectivity index (χ1v) is 7.92. The fourth-order valence-electron chi connectivity index (χ4n) is 3.09. The van der Waals surface area contributed by atoms with Crippen LogP contribution in [0, 0.1) is 6.92 Å². The Morgan fingerprint density at radius 1 is 0.955 bits per heavy atom. The second kappa shape index (κ2) is 6.84. The highest BCUT2D eigenvalue weighted by atomic mass is 16.5. The summed E-state index contributed by atoms with van der Waals surface area (Å²) in [5.41, 5.74) is 4.07. The van der Waals surface area contributed by atoms with E-state index in [1.54, 1.807) is 7.11 Å². The van der Waals surface area contributed by atoms with E-state index in [1.165, 1.54) is 16.8 Å². The van der Waals surface area contributed by atoms with Gasteiger partial charge in [-0.2, -0.15) is 0 Å². The third kappa shape index (κ3) is 3.42. The number of benzene rings is 2. The molecule has 3 heteroatoms. The zero-order valence-electron chi connectivity index (χ0n) is 13.5. The normalized spacial score (nSPS) is 15.8. The Labute approximate surface area is 133 Å². The van der Waals surface area contributed by atoms with E-state index in [4.69, 9.17) is 4.74 Å². The molecule has 1 fully saturated rings. The molecule has 22 heavy (non-hydrogen) atoms. The Bertz CT molecular complexity index is 618. The minimum absolute atomic E-state index is 0.941. The molecule has 1 saturated heterocycles. The number of para-hydroxylation sites is 1. The number of nitrogens with zero attached hydrogens (tertiary/aromatic N) is 2. The lowest BCUT2D eigenvalue weighted by Gasteiger charge is -2.36. The molecule has 0 bridgehead atoms. The fourth-order valence-corrected chi connectivity index (χ4v) is 3.09. The maximum atomic E-state index is 5.31. The Kier molecular flexibility index (Phi) is 4.64. The molecule has 0 N–H and O–H groups in total. The molecule has 2 aromatic rings. The Hall–Kier alpha value is -2.00. The molecule has 1 heterocycles. The Balaban J connectivity index is 1.59. The molecule has 0 amide bonds. The third-order valence-corrected chi connectivity index (χ3v) is 4.37. The van der Waals surface area contributed by atoms with Gasteiger partial charge in [-0.15, -0.1) is 0 Å². The van der Waals surface area contributed by atoms with E-state index in [0.29, 0.717) is 0 Å². The molecule has 3 rings (SSSR count). The largest absolute Gasteiger partial charge is 0.497 e. The lowest BCUT2D eigenvalue weighted by molar-refractivity contribution is 0.249. The SMILES string of the molecule is COc1cccc(CN2CCN(c3ccccc3C)CC2)c1. The average Bonchev–Trinajstić information content (AvgIpc) is 2.56. The van der Waals surface area contributed by atoms with Gasteiger partial charge in [0.05, 0.1) is 7.11 Å². The molecule has 0 atom stereocenters. The smallest absolute Gasteiger partial charge is 0.119 e. The summed E-state index contributed by atoms with van der Waals surface area (Å²) in [6.07, 6.45) is 0. The lowest BCUT2D eigenvalue weighted by atomic mass is 10.1. The first-order valence-electron chi connectivity index (χ1n) is 7.92. The lowest BCUT2D eigenvalue weighted by Crippen LogP contribution is -2.46. The van der Waals surface area contributed by atoms with Crippen LogP contribution in [0.2, 0.25) is 0 Å². The molecule has 0 unspecified atom stereocenters. The van der Waals surface area contributed by atoms with Crippen molar-refractivity contribution in [3.8, 4) is 5.75 Å². The zero-order valence-corrected chi connectivity index (χ0v) is 13.5. The number of rotatable bonds is 4. The number of ether oxygens (including phenoxy) is 1. The highest BCUT2D eigenvalue weighted by molar-refractivity contribution is 5.53. The van der Waals surface area contributed by atoms with E-state index in [2.05, 4.69) is 59.2 Å². The maximum Gasteiger partial charge on any atom is 0.119 e. The van der Waals surface area contributed by atoms with Crippen molar-refractivity contribution >= 4 is 5.69 Å². The number of anilines is 1. The summed E-state index contributed by atoms with van der Waals surface area (Å²) in [6.45, 7) is 7.58. The van der Waals surface area contributed by atoms with Crippen LogP contribution < -0.4 is 9.64 Å². The van der Waals surface area contributed by atoms with Crippen molar-refractivity contribution < 1.29 is 4.74 Å². The van der Waals surface area contributed by atoms with Gasteiger partial charge in [-0.3, -0.25) is 4.90 Å². The quantitative estimate of drug-likeness (QED) is 0.861. The van der Waals surface area contributed by atoms with E-state index in [1.807, 2.05) is 6.07 Å². The molecule has 1 aliphatic rings. The molecular formula is C19H24N2O. The summed E-state index contributed by atoms with van der Waals surface area (Å²) < 4.78 is 5.31. The number of aryl methyl sites for hydroxylation is 1. The van der Waals surface area contributed by atoms with Gasteiger partial charge in [0.25, 0.3) is 0 Å². The van der Waals surface area contributed by atoms with Crippen molar-refractivity contribution in [2.24, 2.45) is 0 Å². The van der Waals surface area contributed by atoms with Gasteiger partial charge in [0.2, 0.25) is 0 Å². The number of piperazine rings is 1. The van der Waals surface area contributed by atoms with Crippen molar-refractivity contribution in [1.29, 1.82) is 0 Å². The molecule has 2 aromatic carbocycles. The van der Waals surface area contributed by atoms with Crippen LogP contribution in [0.4, 0.5) is 5.69 Å². The highest BCUT2D eigenvalue weighted by Crippen LogP contribution is 2.21. The van der Waals surface area contributed by atoms with E-state index in [9.17, 15) is 0 Å². The molecule has 0 radical (unpaired) electrons. The van der Waals surface area contributed by atoms with Crippen LogP contribution in [0.3, 0.4) is 0 Å². The number of methoxy groups -OCH3 is 1. The van der Waals surface area contributed by atoms with E-state index in [0.717, 1.165) is 38.5 Å². The minimum atomic E-state index is 0.941. The average molecular weight is 296 g/mol. The van der Waals surface area contributed by atoms with Crippen LogP contribution in [0.5, 0.6) is 5.75 Å². The van der Waals surface area contributed by atoms with Crippen LogP contribution in [-0.2, 0) is 6.54 Å². The topological polar surface area (TPSA) is 15.7 Å². The van der Waals surface area contributed by atoms with Gasteiger partial charge in [-0.1, -0.05) is 30.3 Å². The fraction of sp³-hybridized carbons (Fsp3) is 0.368. The van der Waals surface area contributed by atoms with E-state index >= 15 is 0 Å². The third-order valence-electron chi connectivity index (χ3n) is 4.37. The molecular weight excluding hydrogens is 272 g/mol. The molecule has 0 aromatic heterocycles. The summed E-state index contributed by atoms with van der Waals surface area (Å²) in [7, 11) is 1.72. The Morgan fingerprint density at radius 3 is 2.45 bits per heavy atom. The first-order chi connectivity index (χ1) is 10.8. The summed E-state index contributed by atoms with van der Waals surface area (Å²) in [5.74, 6) is 0.941. The van der Waals surface area contributed by atoms with Gasteiger partial charge in [-0.05, 0) is 36.2 Å². The van der Waals surface area contributed by atoms with Gasteiger partial charge >= 0.3 is 0 Å². The summed E-state index contributed by atoms with van der Waals surface area (Å²) in [6, 6.07) is 17.0. The number of hydrogen-bond acceptors (Lipinski definition) is 3. The standard InChI is InChI=1S/C19H24N2O/c1-16-6-3-4-9-19(16)21-12-10-20(11-13-21)15-17-7-5-8-18(14-17)22-2/h3-9,14H,10-13,15H2,1-2H3. The second-order valence-electron chi connectivity index (χ2n) is 5.90. The molecule has 1 aliphatic heterocycles. The summed E-state index contributed by atoms with van der Waals surface area (Å²) in [5, 5.41) is 0. The van der Waals surface area contributed by atoms with Gasteiger partial charge in [0.15, 0.2) is 0 Å². The van der Waals surface area contributed by atoms with Crippen molar-refractivity contribution in [3.63, 3.8) is 0 Å². The molecule has 0 saturated carbocycles. The molecule has 0 spiro atoms. The molecule has 116 valence electrons. The predicted octanol–water partition coefficient (Wildman–Crippen LogP) is 3.33. The van der Waals surface area contributed by atoms with Gasteiger partial charge in [0, 0.05) is 38.4 Å². The van der Waals surface area contributed by atoms with Crippen molar-refractivity contribution in [1.82, 2.24) is 4.90 Å². The first kappa shape index (κ1) is 14.9. The van der Waals surface area contributed by atoms with Crippen LogP contribution >= 0.6 is 0 Å². The van der Waals surface area contributed by atoms with Crippen molar-refractivity contribution in [2.75, 3.05) is 38.2 Å². The van der Waals surface area contributed by atoms with Crippen molar-refractivity contribution in [3.05, 3.63) is 59.7 Å². The predicted molar refractivity (Wildman–Crippen MR) is 91.7 cm³/mol.